The molecule has 0 saturated carbocycles. The molecule has 0 unspecified atom stereocenters. The Morgan fingerprint density at radius 3 is 2.69 bits per heavy atom. The SMILES string of the molecule is C=CCn1c(C)nnc1SCC(=O)N(C)Cc1ccc(OC(F)F)cc1. The predicted molar refractivity (Wildman–Crippen MR) is 95.2 cm³/mol. The molecule has 6 nitrogen and oxygen atoms in total. The molecule has 0 fully saturated rings. The second-order valence-electron chi connectivity index (χ2n) is 5.49. The highest BCUT2D eigenvalue weighted by Gasteiger charge is 2.14. The van der Waals surface area contributed by atoms with E-state index in [1.165, 1.54) is 23.9 Å². The van der Waals surface area contributed by atoms with Crippen LogP contribution in [0.25, 0.3) is 0 Å². The molecule has 1 amide bonds. The Labute approximate surface area is 154 Å². The lowest BCUT2D eigenvalue weighted by atomic mass is 10.2. The van der Waals surface area contributed by atoms with Crippen LogP contribution in [0, 0.1) is 6.92 Å². The molecule has 0 atom stereocenters. The number of aromatic nitrogens is 3. The van der Waals surface area contributed by atoms with Gasteiger partial charge in [-0.2, -0.15) is 8.78 Å². The minimum atomic E-state index is -2.85. The highest BCUT2D eigenvalue weighted by Crippen LogP contribution is 2.19. The van der Waals surface area contributed by atoms with Crippen molar-refractivity contribution in [3.05, 3.63) is 48.3 Å². The summed E-state index contributed by atoms with van der Waals surface area (Å²) in [5.41, 5.74) is 0.818. The zero-order chi connectivity index (χ0) is 19.1. The molecule has 0 bridgehead atoms. The molecule has 0 aliphatic carbocycles. The number of hydrogen-bond acceptors (Lipinski definition) is 5. The van der Waals surface area contributed by atoms with Crippen LogP contribution in [0.1, 0.15) is 11.4 Å². The van der Waals surface area contributed by atoms with Gasteiger partial charge in [0.15, 0.2) is 5.16 Å². The molecule has 26 heavy (non-hydrogen) atoms. The van der Waals surface area contributed by atoms with Crippen molar-refractivity contribution in [3.8, 4) is 5.75 Å². The number of allylic oxidation sites excluding steroid dienone is 1. The maximum Gasteiger partial charge on any atom is 0.387 e. The zero-order valence-electron chi connectivity index (χ0n) is 14.6. The van der Waals surface area contributed by atoms with E-state index in [0.717, 1.165) is 11.4 Å². The summed E-state index contributed by atoms with van der Waals surface area (Å²) in [6.07, 6.45) is 1.75. The van der Waals surface area contributed by atoms with E-state index >= 15 is 0 Å². The van der Waals surface area contributed by atoms with E-state index < -0.39 is 6.61 Å². The van der Waals surface area contributed by atoms with Gasteiger partial charge in [-0.15, -0.1) is 16.8 Å². The van der Waals surface area contributed by atoms with Crippen molar-refractivity contribution in [2.75, 3.05) is 12.8 Å². The first-order valence-electron chi connectivity index (χ1n) is 7.82. The lowest BCUT2D eigenvalue weighted by Crippen LogP contribution is -2.27. The third kappa shape index (κ3) is 5.55. The van der Waals surface area contributed by atoms with E-state index in [0.29, 0.717) is 18.2 Å². The third-order valence-electron chi connectivity index (χ3n) is 3.53. The number of carbonyl (C=O) groups excluding carboxylic acids is 1. The predicted octanol–water partition coefficient (Wildman–Crippen LogP) is 3.12. The van der Waals surface area contributed by atoms with Crippen LogP contribution >= 0.6 is 11.8 Å². The number of alkyl halides is 2. The van der Waals surface area contributed by atoms with Crippen molar-refractivity contribution >= 4 is 17.7 Å². The number of nitrogens with zero attached hydrogens (tertiary/aromatic N) is 4. The van der Waals surface area contributed by atoms with Crippen molar-refractivity contribution in [1.82, 2.24) is 19.7 Å². The van der Waals surface area contributed by atoms with Crippen LogP contribution in [0.5, 0.6) is 5.75 Å². The summed E-state index contributed by atoms with van der Waals surface area (Å²) in [5.74, 6) is 0.997. The van der Waals surface area contributed by atoms with Gasteiger partial charge in [0.2, 0.25) is 5.91 Å². The van der Waals surface area contributed by atoms with Crippen molar-refractivity contribution < 1.29 is 18.3 Å². The third-order valence-corrected chi connectivity index (χ3v) is 4.48. The monoisotopic (exact) mass is 382 g/mol. The highest BCUT2D eigenvalue weighted by atomic mass is 32.2. The first-order valence-corrected chi connectivity index (χ1v) is 8.80. The van der Waals surface area contributed by atoms with Crippen LogP contribution in [0.15, 0.2) is 42.1 Å². The van der Waals surface area contributed by atoms with Gasteiger partial charge < -0.3 is 14.2 Å². The lowest BCUT2D eigenvalue weighted by molar-refractivity contribution is -0.127. The quantitative estimate of drug-likeness (QED) is 0.493. The summed E-state index contributed by atoms with van der Waals surface area (Å²) in [6.45, 7) is 3.64. The molecule has 0 aliphatic heterocycles. The first kappa shape index (κ1) is 19.9. The molecule has 2 aromatic rings. The first-order chi connectivity index (χ1) is 12.4. The Hall–Kier alpha value is -2.42. The van der Waals surface area contributed by atoms with E-state index in [2.05, 4.69) is 21.5 Å². The smallest absolute Gasteiger partial charge is 0.387 e. The minimum absolute atomic E-state index is 0.0753. The Morgan fingerprint density at radius 2 is 2.08 bits per heavy atom. The maximum atomic E-state index is 12.3. The molecule has 9 heteroatoms. The van der Waals surface area contributed by atoms with Crippen LogP contribution in [0.4, 0.5) is 8.78 Å². The van der Waals surface area contributed by atoms with E-state index in [1.807, 2.05) is 11.5 Å². The van der Waals surface area contributed by atoms with Crippen molar-refractivity contribution in [2.24, 2.45) is 0 Å². The summed E-state index contributed by atoms with van der Waals surface area (Å²) in [4.78, 5) is 13.9. The van der Waals surface area contributed by atoms with Crippen LogP contribution in [-0.2, 0) is 17.9 Å². The molecule has 0 radical (unpaired) electrons. The van der Waals surface area contributed by atoms with Gasteiger partial charge >= 0.3 is 6.61 Å². The largest absolute Gasteiger partial charge is 0.435 e. The summed E-state index contributed by atoms with van der Waals surface area (Å²) < 4.78 is 30.5. The number of carbonyl (C=O) groups is 1. The van der Waals surface area contributed by atoms with E-state index in [9.17, 15) is 13.6 Å². The number of halogens is 2. The summed E-state index contributed by atoms with van der Waals surface area (Å²) in [6, 6.07) is 6.21. The number of rotatable bonds is 9. The number of aryl methyl sites for hydroxylation is 1. The number of benzene rings is 1. The summed E-state index contributed by atoms with van der Waals surface area (Å²) in [5, 5.41) is 8.74. The normalized spacial score (nSPS) is 10.8. The molecule has 1 aromatic carbocycles. The fourth-order valence-electron chi connectivity index (χ4n) is 2.18. The van der Waals surface area contributed by atoms with Gasteiger partial charge in [-0.1, -0.05) is 30.0 Å². The number of hydrogen-bond donors (Lipinski definition) is 0. The maximum absolute atomic E-state index is 12.3. The molecule has 2 rings (SSSR count). The van der Waals surface area contributed by atoms with Crippen LogP contribution in [0.3, 0.4) is 0 Å². The molecule has 0 N–H and O–H groups in total. The van der Waals surface area contributed by atoms with Crippen molar-refractivity contribution in [1.29, 1.82) is 0 Å². The van der Waals surface area contributed by atoms with Gasteiger partial charge in [-0.25, -0.2) is 0 Å². The standard InChI is InChI=1S/C17H20F2N4O2S/c1-4-9-23-12(2)20-21-17(23)26-11-15(24)22(3)10-13-5-7-14(8-6-13)25-16(18)19/h4-8,16H,1,9-11H2,2-3H3. The fourth-order valence-corrected chi connectivity index (χ4v) is 3.12. The molecular weight excluding hydrogens is 362 g/mol. The molecule has 1 heterocycles. The zero-order valence-corrected chi connectivity index (χ0v) is 15.4. The summed E-state index contributed by atoms with van der Waals surface area (Å²) >= 11 is 1.31. The van der Waals surface area contributed by atoms with E-state index in [4.69, 9.17) is 0 Å². The second-order valence-corrected chi connectivity index (χ2v) is 6.43. The molecular formula is C17H20F2N4O2S. The average Bonchev–Trinajstić information content (AvgIpc) is 2.94. The Bertz CT molecular complexity index is 750. The number of thioether (sulfide) groups is 1. The summed E-state index contributed by atoms with van der Waals surface area (Å²) in [7, 11) is 1.69. The fraction of sp³-hybridized carbons (Fsp3) is 0.353. The minimum Gasteiger partial charge on any atom is -0.435 e. The molecule has 140 valence electrons. The highest BCUT2D eigenvalue weighted by molar-refractivity contribution is 7.99. The molecule has 0 saturated heterocycles. The van der Waals surface area contributed by atoms with Gasteiger partial charge in [0.05, 0.1) is 5.75 Å². The van der Waals surface area contributed by atoms with Gasteiger partial charge in [-0.3, -0.25) is 4.79 Å². The second kappa shape index (κ2) is 9.33. The van der Waals surface area contributed by atoms with Crippen LogP contribution in [-0.4, -0.2) is 45.0 Å². The van der Waals surface area contributed by atoms with Gasteiger partial charge in [-0.05, 0) is 24.6 Å². The Kier molecular flexibility index (Phi) is 7.14. The lowest BCUT2D eigenvalue weighted by Gasteiger charge is -2.17. The van der Waals surface area contributed by atoms with E-state index in [1.54, 1.807) is 30.2 Å². The van der Waals surface area contributed by atoms with Crippen LogP contribution < -0.4 is 4.74 Å². The van der Waals surface area contributed by atoms with Gasteiger partial charge in [0.25, 0.3) is 0 Å². The van der Waals surface area contributed by atoms with Gasteiger partial charge in [0.1, 0.15) is 11.6 Å². The van der Waals surface area contributed by atoms with Crippen LogP contribution in [0.2, 0.25) is 0 Å². The average molecular weight is 382 g/mol. The molecule has 1 aromatic heterocycles. The van der Waals surface area contributed by atoms with Crippen molar-refractivity contribution in [2.45, 2.75) is 31.8 Å². The van der Waals surface area contributed by atoms with Gasteiger partial charge in [0, 0.05) is 20.1 Å². The van der Waals surface area contributed by atoms with Crippen molar-refractivity contribution in [3.63, 3.8) is 0 Å². The molecule has 0 aliphatic rings. The Balaban J connectivity index is 1.88. The molecule has 0 spiro atoms. The Morgan fingerprint density at radius 1 is 1.38 bits per heavy atom. The number of amides is 1. The van der Waals surface area contributed by atoms with E-state index in [-0.39, 0.29) is 17.4 Å². The topological polar surface area (TPSA) is 60.2 Å². The number of ether oxygens (including phenoxy) is 1.